The fraction of sp³-hybridized carbons (Fsp3) is 0.385. The van der Waals surface area contributed by atoms with E-state index in [0.29, 0.717) is 13.2 Å². The van der Waals surface area contributed by atoms with Crippen LogP contribution in [0.1, 0.15) is 21.9 Å². The van der Waals surface area contributed by atoms with E-state index < -0.39 is 6.10 Å². The van der Waals surface area contributed by atoms with Crippen LogP contribution in [-0.2, 0) is 0 Å². The number of ether oxygens (including phenoxy) is 2. The number of methoxy groups -OCH3 is 1. The highest BCUT2D eigenvalue weighted by molar-refractivity contribution is 7.10. The van der Waals surface area contributed by atoms with E-state index in [0.717, 1.165) is 37.7 Å². The van der Waals surface area contributed by atoms with Crippen LogP contribution >= 0.6 is 11.3 Å². The number of thiophene rings is 1. The van der Waals surface area contributed by atoms with E-state index in [1.54, 1.807) is 18.4 Å². The summed E-state index contributed by atoms with van der Waals surface area (Å²) in [6, 6.07) is 20.8. The minimum absolute atomic E-state index is 0.165. The molecule has 1 saturated heterocycles. The Morgan fingerprint density at radius 3 is 2.09 bits per heavy atom. The Hall–Kier alpha value is -2.38. The number of hydrogen-bond donors (Lipinski definition) is 1. The van der Waals surface area contributed by atoms with Crippen molar-refractivity contribution < 1.29 is 14.6 Å². The first-order valence-corrected chi connectivity index (χ1v) is 12.0. The minimum atomic E-state index is -0.490. The molecule has 2 heterocycles. The van der Waals surface area contributed by atoms with Gasteiger partial charge in [0.25, 0.3) is 0 Å². The molecule has 0 spiro atoms. The van der Waals surface area contributed by atoms with Gasteiger partial charge < -0.3 is 19.5 Å². The number of β-amino-alcohol motifs (C(OH)–C–C–N with tert-alkyl or cyclic N) is 1. The van der Waals surface area contributed by atoms with Crippen LogP contribution in [0.3, 0.4) is 0 Å². The molecule has 0 radical (unpaired) electrons. The zero-order valence-corrected chi connectivity index (χ0v) is 19.6. The van der Waals surface area contributed by atoms with Crippen molar-refractivity contribution in [2.45, 2.75) is 12.0 Å². The summed E-state index contributed by atoms with van der Waals surface area (Å²) in [5.74, 6) is 1.81. The van der Waals surface area contributed by atoms with Gasteiger partial charge in [-0.1, -0.05) is 30.3 Å². The van der Waals surface area contributed by atoms with Gasteiger partial charge in [0.05, 0.1) is 7.11 Å². The Morgan fingerprint density at radius 2 is 1.53 bits per heavy atom. The van der Waals surface area contributed by atoms with E-state index in [1.807, 2.05) is 24.3 Å². The molecule has 0 bridgehead atoms. The van der Waals surface area contributed by atoms with E-state index in [1.165, 1.54) is 16.0 Å². The second-order valence-electron chi connectivity index (χ2n) is 8.36. The SMILES string of the molecule is COc1ccc(C(c2ccc(OCC(O)CN3CCN(C)CC3)cc2)c2cccs2)cc1. The molecule has 2 atom stereocenters. The van der Waals surface area contributed by atoms with Crippen molar-refractivity contribution in [3.63, 3.8) is 0 Å². The predicted molar refractivity (Wildman–Crippen MR) is 130 cm³/mol. The number of hydrogen-bond acceptors (Lipinski definition) is 6. The molecular weight excluding hydrogens is 420 g/mol. The maximum atomic E-state index is 10.4. The first-order valence-electron chi connectivity index (χ1n) is 11.1. The zero-order valence-electron chi connectivity index (χ0n) is 18.8. The Morgan fingerprint density at radius 1 is 0.906 bits per heavy atom. The molecule has 0 amide bonds. The third kappa shape index (κ3) is 5.90. The van der Waals surface area contributed by atoms with Crippen LogP contribution in [0.25, 0.3) is 0 Å². The summed E-state index contributed by atoms with van der Waals surface area (Å²) < 4.78 is 11.2. The van der Waals surface area contributed by atoms with E-state index in [-0.39, 0.29) is 5.92 Å². The van der Waals surface area contributed by atoms with Gasteiger partial charge in [0.15, 0.2) is 0 Å². The number of piperazine rings is 1. The number of rotatable bonds is 9. The fourth-order valence-corrected chi connectivity index (χ4v) is 4.98. The van der Waals surface area contributed by atoms with Gasteiger partial charge in [-0.3, -0.25) is 4.90 Å². The lowest BCUT2D eigenvalue weighted by molar-refractivity contribution is 0.0505. The van der Waals surface area contributed by atoms with Gasteiger partial charge in [0.1, 0.15) is 24.2 Å². The third-order valence-corrected chi connectivity index (χ3v) is 6.93. The van der Waals surface area contributed by atoms with Gasteiger partial charge in [-0.2, -0.15) is 0 Å². The summed E-state index contributed by atoms with van der Waals surface area (Å²) >= 11 is 1.76. The van der Waals surface area contributed by atoms with Crippen molar-refractivity contribution in [1.82, 2.24) is 9.80 Å². The van der Waals surface area contributed by atoms with Gasteiger partial charge in [-0.25, -0.2) is 0 Å². The average Bonchev–Trinajstić information content (AvgIpc) is 3.35. The molecule has 170 valence electrons. The molecular formula is C26H32N2O3S. The van der Waals surface area contributed by atoms with Crippen molar-refractivity contribution in [2.24, 2.45) is 0 Å². The van der Waals surface area contributed by atoms with Crippen molar-refractivity contribution >= 4 is 11.3 Å². The van der Waals surface area contributed by atoms with Crippen LogP contribution in [0.5, 0.6) is 11.5 Å². The third-order valence-electron chi connectivity index (χ3n) is 6.00. The largest absolute Gasteiger partial charge is 0.497 e. The molecule has 32 heavy (non-hydrogen) atoms. The van der Waals surface area contributed by atoms with Crippen molar-refractivity contribution in [3.8, 4) is 11.5 Å². The molecule has 0 saturated carbocycles. The number of benzene rings is 2. The molecule has 1 aliphatic heterocycles. The second-order valence-corrected chi connectivity index (χ2v) is 9.34. The molecule has 5 nitrogen and oxygen atoms in total. The van der Waals surface area contributed by atoms with Crippen LogP contribution in [0.15, 0.2) is 66.0 Å². The minimum Gasteiger partial charge on any atom is -0.497 e. The quantitative estimate of drug-likeness (QED) is 0.533. The second kappa shape index (κ2) is 11.0. The normalized spacial score (nSPS) is 17.1. The lowest BCUT2D eigenvalue weighted by Crippen LogP contribution is -2.47. The number of aliphatic hydroxyl groups is 1. The smallest absolute Gasteiger partial charge is 0.119 e. The van der Waals surface area contributed by atoms with Crippen LogP contribution in [0.4, 0.5) is 0 Å². The summed E-state index contributed by atoms with van der Waals surface area (Å²) in [5.41, 5.74) is 2.44. The van der Waals surface area contributed by atoms with Crippen molar-refractivity contribution in [3.05, 3.63) is 82.0 Å². The van der Waals surface area contributed by atoms with E-state index in [4.69, 9.17) is 9.47 Å². The van der Waals surface area contributed by atoms with Crippen LogP contribution in [0.2, 0.25) is 0 Å². The van der Waals surface area contributed by atoms with E-state index in [9.17, 15) is 5.11 Å². The van der Waals surface area contributed by atoms with Gasteiger partial charge in [-0.05, 0) is 53.9 Å². The molecule has 2 unspecified atom stereocenters. The first kappa shape index (κ1) is 22.8. The molecule has 2 aromatic carbocycles. The Bertz CT molecular complexity index is 936. The highest BCUT2D eigenvalue weighted by Crippen LogP contribution is 2.36. The molecule has 1 aliphatic rings. The highest BCUT2D eigenvalue weighted by atomic mass is 32.1. The van der Waals surface area contributed by atoms with Crippen LogP contribution in [0, 0.1) is 0 Å². The fourth-order valence-electron chi connectivity index (χ4n) is 4.10. The Balaban J connectivity index is 1.39. The number of likely N-dealkylation sites (N-methyl/N-ethyl adjacent to an activating group) is 1. The molecule has 6 heteroatoms. The van der Waals surface area contributed by atoms with Crippen LogP contribution in [-0.4, -0.2) is 74.5 Å². The van der Waals surface area contributed by atoms with E-state index in [2.05, 4.69) is 58.6 Å². The number of aliphatic hydroxyl groups excluding tert-OH is 1. The van der Waals surface area contributed by atoms with Gasteiger partial charge >= 0.3 is 0 Å². The van der Waals surface area contributed by atoms with Gasteiger partial charge in [-0.15, -0.1) is 11.3 Å². The first-order chi connectivity index (χ1) is 15.6. The Kier molecular flexibility index (Phi) is 7.81. The molecule has 1 N–H and O–H groups in total. The molecule has 0 aliphatic carbocycles. The summed E-state index contributed by atoms with van der Waals surface area (Å²) in [5, 5.41) is 12.5. The Labute approximate surface area is 194 Å². The highest BCUT2D eigenvalue weighted by Gasteiger charge is 2.19. The molecule has 4 rings (SSSR count). The maximum absolute atomic E-state index is 10.4. The lowest BCUT2D eigenvalue weighted by Gasteiger charge is -2.33. The standard InChI is InChI=1S/C26H32N2O3S/c1-27-13-15-28(16-14-27)18-22(29)19-31-24-11-7-21(8-12-24)26(25-4-3-17-32-25)20-5-9-23(30-2)10-6-20/h3-12,17,22,26,29H,13-16,18-19H2,1-2H3. The van der Waals surface area contributed by atoms with Gasteiger partial charge in [0, 0.05) is 43.5 Å². The molecule has 3 aromatic rings. The van der Waals surface area contributed by atoms with Crippen molar-refractivity contribution in [2.75, 3.05) is 53.5 Å². The molecule has 1 aromatic heterocycles. The average molecular weight is 453 g/mol. The summed E-state index contributed by atoms with van der Waals surface area (Å²) in [7, 11) is 3.82. The predicted octanol–water partition coefficient (Wildman–Crippen LogP) is 3.92. The zero-order chi connectivity index (χ0) is 22.3. The topological polar surface area (TPSA) is 45.2 Å². The summed E-state index contributed by atoms with van der Waals surface area (Å²) in [6.07, 6.45) is -0.490. The van der Waals surface area contributed by atoms with E-state index >= 15 is 0 Å². The number of nitrogens with zero attached hydrogens (tertiary/aromatic N) is 2. The van der Waals surface area contributed by atoms with Gasteiger partial charge in [0.2, 0.25) is 0 Å². The lowest BCUT2D eigenvalue weighted by atomic mass is 9.90. The monoisotopic (exact) mass is 452 g/mol. The summed E-state index contributed by atoms with van der Waals surface area (Å²) in [4.78, 5) is 5.92. The van der Waals surface area contributed by atoms with Crippen LogP contribution < -0.4 is 9.47 Å². The van der Waals surface area contributed by atoms with Crippen molar-refractivity contribution in [1.29, 1.82) is 0 Å². The summed E-state index contributed by atoms with van der Waals surface area (Å²) in [6.45, 7) is 5.06. The molecule has 1 fully saturated rings. The maximum Gasteiger partial charge on any atom is 0.119 e.